The summed E-state index contributed by atoms with van der Waals surface area (Å²) in [5.41, 5.74) is 2.53. The zero-order chi connectivity index (χ0) is 17.8. The average Bonchev–Trinajstić information content (AvgIpc) is 3.11. The third-order valence-electron chi connectivity index (χ3n) is 6.47. The summed E-state index contributed by atoms with van der Waals surface area (Å²) in [5, 5.41) is 7.90. The Morgan fingerprint density at radius 2 is 1.77 bits per heavy atom. The molecule has 1 heterocycles. The van der Waals surface area contributed by atoms with Crippen LogP contribution < -0.4 is 5.32 Å². The van der Waals surface area contributed by atoms with Crippen molar-refractivity contribution >= 4 is 5.57 Å². The van der Waals surface area contributed by atoms with Crippen molar-refractivity contribution in [2.24, 2.45) is 11.8 Å². The van der Waals surface area contributed by atoms with Crippen LogP contribution >= 0.6 is 0 Å². The Labute approximate surface area is 157 Å². The highest BCUT2D eigenvalue weighted by Gasteiger charge is 2.27. The summed E-state index contributed by atoms with van der Waals surface area (Å²) in [6.45, 7) is 1.88. The van der Waals surface area contributed by atoms with E-state index in [0.717, 1.165) is 17.9 Å². The van der Waals surface area contributed by atoms with E-state index in [9.17, 15) is 0 Å². The second-order valence-electron chi connectivity index (χ2n) is 8.56. The predicted molar refractivity (Wildman–Crippen MR) is 104 cm³/mol. The number of hydrogen-bond donors (Lipinski definition) is 1. The van der Waals surface area contributed by atoms with Gasteiger partial charge in [-0.15, -0.1) is 0 Å². The van der Waals surface area contributed by atoms with E-state index in [-0.39, 0.29) is 0 Å². The monoisotopic (exact) mass is 355 g/mol. The minimum atomic E-state index is 0.632. The zero-order valence-electron chi connectivity index (χ0n) is 16.2. The maximum absolute atomic E-state index is 5.43. The zero-order valence-corrected chi connectivity index (χ0v) is 16.2. The van der Waals surface area contributed by atoms with Crippen molar-refractivity contribution in [3.63, 3.8) is 0 Å². The van der Waals surface area contributed by atoms with Crippen molar-refractivity contribution in [1.29, 1.82) is 0 Å². The van der Waals surface area contributed by atoms with Gasteiger partial charge in [0.1, 0.15) is 0 Å². The second-order valence-corrected chi connectivity index (χ2v) is 8.56. The highest BCUT2D eigenvalue weighted by molar-refractivity contribution is 5.70. The van der Waals surface area contributed by atoms with Crippen LogP contribution in [0.25, 0.3) is 5.57 Å². The molecule has 26 heavy (non-hydrogen) atoms. The number of rotatable bonds is 5. The SMILES string of the molecule is Cc1noc(C2=CCC(CC3CCCCC3)C(NC3CCCCC3)=C2)n1. The van der Waals surface area contributed by atoms with Crippen molar-refractivity contribution in [2.45, 2.75) is 90.0 Å². The molecule has 142 valence electrons. The average molecular weight is 356 g/mol. The van der Waals surface area contributed by atoms with Crippen molar-refractivity contribution in [2.75, 3.05) is 0 Å². The van der Waals surface area contributed by atoms with E-state index < -0.39 is 0 Å². The highest BCUT2D eigenvalue weighted by Crippen LogP contribution is 2.37. The topological polar surface area (TPSA) is 51.0 Å². The van der Waals surface area contributed by atoms with Crippen molar-refractivity contribution in [3.05, 3.63) is 29.6 Å². The first-order valence-corrected chi connectivity index (χ1v) is 10.8. The van der Waals surface area contributed by atoms with Gasteiger partial charge < -0.3 is 9.84 Å². The van der Waals surface area contributed by atoms with Gasteiger partial charge in [-0.3, -0.25) is 0 Å². The van der Waals surface area contributed by atoms with E-state index in [4.69, 9.17) is 4.52 Å². The number of aromatic nitrogens is 2. The lowest BCUT2D eigenvalue weighted by Gasteiger charge is -2.33. The predicted octanol–water partition coefficient (Wildman–Crippen LogP) is 5.56. The third-order valence-corrected chi connectivity index (χ3v) is 6.47. The molecule has 0 radical (unpaired) electrons. The van der Waals surface area contributed by atoms with E-state index in [1.54, 1.807) is 0 Å². The molecule has 0 aliphatic heterocycles. The fourth-order valence-electron chi connectivity index (χ4n) is 4.99. The summed E-state index contributed by atoms with van der Waals surface area (Å²) in [7, 11) is 0. The van der Waals surface area contributed by atoms with E-state index in [0.29, 0.717) is 23.7 Å². The van der Waals surface area contributed by atoms with E-state index in [1.807, 2.05) is 6.92 Å². The van der Waals surface area contributed by atoms with Crippen LogP contribution in [0.15, 0.2) is 22.4 Å². The molecule has 4 rings (SSSR count). The molecule has 0 amide bonds. The highest BCUT2D eigenvalue weighted by atomic mass is 16.5. The first-order chi connectivity index (χ1) is 12.8. The van der Waals surface area contributed by atoms with Crippen LogP contribution in [0.2, 0.25) is 0 Å². The molecule has 1 N–H and O–H groups in total. The minimum absolute atomic E-state index is 0.632. The quantitative estimate of drug-likeness (QED) is 0.751. The van der Waals surface area contributed by atoms with Crippen LogP contribution in [0.5, 0.6) is 0 Å². The van der Waals surface area contributed by atoms with E-state index >= 15 is 0 Å². The molecule has 2 fully saturated rings. The molecule has 4 nitrogen and oxygen atoms in total. The van der Waals surface area contributed by atoms with Crippen LogP contribution in [-0.4, -0.2) is 16.2 Å². The van der Waals surface area contributed by atoms with Gasteiger partial charge in [-0.25, -0.2) is 0 Å². The van der Waals surface area contributed by atoms with Gasteiger partial charge in [-0.05, 0) is 44.6 Å². The molecular formula is C22H33N3O. The van der Waals surface area contributed by atoms with Crippen LogP contribution in [0.1, 0.15) is 88.8 Å². The van der Waals surface area contributed by atoms with Crippen LogP contribution in [0.4, 0.5) is 0 Å². The fourth-order valence-corrected chi connectivity index (χ4v) is 4.99. The summed E-state index contributed by atoms with van der Waals surface area (Å²) >= 11 is 0. The van der Waals surface area contributed by atoms with Crippen molar-refractivity contribution in [1.82, 2.24) is 15.5 Å². The Hall–Kier alpha value is -1.58. The van der Waals surface area contributed by atoms with E-state index in [1.165, 1.54) is 76.3 Å². The molecule has 1 atom stereocenters. The van der Waals surface area contributed by atoms with Crippen LogP contribution in [0.3, 0.4) is 0 Å². The first-order valence-electron chi connectivity index (χ1n) is 10.8. The Bertz CT molecular complexity index is 648. The Balaban J connectivity index is 1.49. The molecule has 0 saturated heterocycles. The smallest absolute Gasteiger partial charge is 0.257 e. The van der Waals surface area contributed by atoms with Gasteiger partial charge in [0, 0.05) is 23.2 Å². The molecular weight excluding hydrogens is 322 g/mol. The normalized spacial score (nSPS) is 25.7. The second kappa shape index (κ2) is 8.41. The molecule has 1 aromatic rings. The Morgan fingerprint density at radius 1 is 1.04 bits per heavy atom. The van der Waals surface area contributed by atoms with Gasteiger partial charge in [0.25, 0.3) is 5.89 Å². The number of hydrogen-bond acceptors (Lipinski definition) is 4. The number of nitrogens with zero attached hydrogens (tertiary/aromatic N) is 2. The first kappa shape index (κ1) is 17.8. The molecule has 3 aliphatic rings. The molecule has 3 aliphatic carbocycles. The Morgan fingerprint density at radius 3 is 2.46 bits per heavy atom. The lowest BCUT2D eigenvalue weighted by atomic mass is 9.78. The maximum Gasteiger partial charge on any atom is 0.257 e. The summed E-state index contributed by atoms with van der Waals surface area (Å²) in [4.78, 5) is 4.44. The Kier molecular flexibility index (Phi) is 5.76. The van der Waals surface area contributed by atoms with Crippen molar-refractivity contribution < 1.29 is 4.52 Å². The number of allylic oxidation sites excluding steroid dienone is 4. The number of aryl methyl sites for hydroxylation is 1. The van der Waals surface area contributed by atoms with Gasteiger partial charge in [0.05, 0.1) is 0 Å². The van der Waals surface area contributed by atoms with Gasteiger partial charge >= 0.3 is 0 Å². The lowest BCUT2D eigenvalue weighted by Crippen LogP contribution is -2.34. The molecule has 0 aromatic carbocycles. The molecule has 1 aromatic heterocycles. The third kappa shape index (κ3) is 4.39. The molecule has 2 saturated carbocycles. The van der Waals surface area contributed by atoms with Gasteiger partial charge in [0.2, 0.25) is 0 Å². The van der Waals surface area contributed by atoms with Gasteiger partial charge in [-0.2, -0.15) is 4.98 Å². The standard InChI is InChI=1S/C22H33N3O/c1-16-23-22(26-25-16)19-13-12-18(14-17-8-4-2-5-9-17)21(15-19)24-20-10-6-3-7-11-20/h13,15,17-18,20,24H,2-12,14H2,1H3. The molecule has 1 unspecified atom stereocenters. The van der Waals surface area contributed by atoms with E-state index in [2.05, 4.69) is 27.6 Å². The maximum atomic E-state index is 5.43. The summed E-state index contributed by atoms with van der Waals surface area (Å²) < 4.78 is 5.43. The molecule has 0 bridgehead atoms. The van der Waals surface area contributed by atoms with Crippen LogP contribution in [-0.2, 0) is 0 Å². The van der Waals surface area contributed by atoms with Crippen molar-refractivity contribution in [3.8, 4) is 0 Å². The molecule has 0 spiro atoms. The minimum Gasteiger partial charge on any atom is -0.385 e. The molecule has 4 heteroatoms. The van der Waals surface area contributed by atoms with Crippen LogP contribution in [0, 0.1) is 18.8 Å². The fraction of sp³-hybridized carbons (Fsp3) is 0.727. The lowest BCUT2D eigenvalue weighted by molar-refractivity contribution is 0.290. The van der Waals surface area contributed by atoms with Gasteiger partial charge in [-0.1, -0.05) is 62.6 Å². The summed E-state index contributed by atoms with van der Waals surface area (Å²) in [6, 6.07) is 0.646. The number of nitrogens with one attached hydrogen (secondary N) is 1. The van der Waals surface area contributed by atoms with Gasteiger partial charge in [0.15, 0.2) is 5.82 Å². The summed E-state index contributed by atoms with van der Waals surface area (Å²) in [6.07, 6.45) is 20.9. The largest absolute Gasteiger partial charge is 0.385 e. The summed E-state index contributed by atoms with van der Waals surface area (Å²) in [5.74, 6) is 2.92.